The Morgan fingerprint density at radius 2 is 2.11 bits per heavy atom. The molecule has 1 aromatic heterocycles. The molecular formula is C13H18BrFN2OSi. The van der Waals surface area contributed by atoms with E-state index in [0.29, 0.717) is 12.1 Å². The summed E-state index contributed by atoms with van der Waals surface area (Å²) >= 11 is 3.43. The lowest BCUT2D eigenvalue weighted by Crippen LogP contribution is -2.22. The van der Waals surface area contributed by atoms with E-state index < -0.39 is 8.07 Å². The molecule has 2 aromatic rings. The minimum Gasteiger partial charge on any atom is -0.360 e. The van der Waals surface area contributed by atoms with Gasteiger partial charge in [0.15, 0.2) is 0 Å². The van der Waals surface area contributed by atoms with Gasteiger partial charge in [-0.15, -0.1) is 0 Å². The first-order valence-corrected chi connectivity index (χ1v) is 10.8. The summed E-state index contributed by atoms with van der Waals surface area (Å²) in [4.78, 5) is 0. The highest BCUT2D eigenvalue weighted by atomic mass is 79.9. The van der Waals surface area contributed by atoms with Crippen LogP contribution in [0.15, 0.2) is 22.8 Å². The van der Waals surface area contributed by atoms with E-state index in [9.17, 15) is 4.39 Å². The molecule has 0 unspecified atom stereocenters. The average Bonchev–Trinajstić information content (AvgIpc) is 2.73. The van der Waals surface area contributed by atoms with Crippen molar-refractivity contribution in [1.29, 1.82) is 0 Å². The number of rotatable bonds is 5. The lowest BCUT2D eigenvalue weighted by Gasteiger charge is -2.15. The van der Waals surface area contributed by atoms with Crippen LogP contribution in [0.1, 0.15) is 0 Å². The second-order valence-corrected chi connectivity index (χ2v) is 12.3. The highest BCUT2D eigenvalue weighted by Gasteiger charge is 2.13. The molecule has 6 heteroatoms. The number of aromatic nitrogens is 2. The summed E-state index contributed by atoms with van der Waals surface area (Å²) in [6.45, 7) is 8.02. The van der Waals surface area contributed by atoms with E-state index in [2.05, 4.69) is 40.7 Å². The van der Waals surface area contributed by atoms with Crippen LogP contribution in [-0.4, -0.2) is 24.5 Å². The standard InChI is InChI=1S/C13H18BrFN2OSi/c1-19(2,3)7-6-18-9-17-13-10(8-16-17)12(15)5-4-11(13)14/h4-5,8H,6-7,9H2,1-3H3. The molecule has 1 heterocycles. The van der Waals surface area contributed by atoms with Crippen LogP contribution >= 0.6 is 15.9 Å². The number of nitrogens with zero attached hydrogens (tertiary/aromatic N) is 2. The molecule has 0 fully saturated rings. The van der Waals surface area contributed by atoms with Gasteiger partial charge >= 0.3 is 0 Å². The Kier molecular flexibility index (Phi) is 4.42. The van der Waals surface area contributed by atoms with Crippen LogP contribution in [0.4, 0.5) is 4.39 Å². The van der Waals surface area contributed by atoms with Gasteiger partial charge in [-0.1, -0.05) is 19.6 Å². The fraction of sp³-hybridized carbons (Fsp3) is 0.462. The van der Waals surface area contributed by atoms with E-state index in [4.69, 9.17) is 4.74 Å². The molecule has 3 nitrogen and oxygen atoms in total. The third-order valence-corrected chi connectivity index (χ3v) is 5.25. The van der Waals surface area contributed by atoms with Crippen LogP contribution in [0.25, 0.3) is 10.9 Å². The molecule has 0 amide bonds. The van der Waals surface area contributed by atoms with Gasteiger partial charge in [0.25, 0.3) is 0 Å². The minimum absolute atomic E-state index is 0.258. The first-order chi connectivity index (χ1) is 8.88. The molecule has 104 valence electrons. The highest BCUT2D eigenvalue weighted by Crippen LogP contribution is 2.26. The fourth-order valence-corrected chi connectivity index (χ4v) is 3.06. The van der Waals surface area contributed by atoms with Gasteiger partial charge in [-0.05, 0) is 34.1 Å². The Labute approximate surface area is 121 Å². The van der Waals surface area contributed by atoms with Gasteiger partial charge in [0, 0.05) is 19.2 Å². The molecule has 19 heavy (non-hydrogen) atoms. The van der Waals surface area contributed by atoms with Crippen molar-refractivity contribution in [2.45, 2.75) is 32.4 Å². The molecule has 0 atom stereocenters. The number of ether oxygens (including phenoxy) is 1. The van der Waals surface area contributed by atoms with Crippen LogP contribution in [0, 0.1) is 5.82 Å². The molecule has 0 aliphatic rings. The zero-order valence-corrected chi connectivity index (χ0v) is 14.0. The van der Waals surface area contributed by atoms with E-state index in [1.165, 1.54) is 12.3 Å². The van der Waals surface area contributed by atoms with Crippen molar-refractivity contribution in [3.05, 3.63) is 28.6 Å². The van der Waals surface area contributed by atoms with E-state index >= 15 is 0 Å². The minimum atomic E-state index is -1.08. The monoisotopic (exact) mass is 344 g/mol. The number of fused-ring (bicyclic) bond motifs is 1. The number of benzene rings is 1. The second kappa shape index (κ2) is 5.72. The molecule has 0 saturated heterocycles. The fourth-order valence-electron chi connectivity index (χ4n) is 1.75. The van der Waals surface area contributed by atoms with Gasteiger partial charge in [-0.2, -0.15) is 5.10 Å². The summed E-state index contributed by atoms with van der Waals surface area (Å²) in [6.07, 6.45) is 1.54. The van der Waals surface area contributed by atoms with Crippen LogP contribution < -0.4 is 0 Å². The molecule has 0 bridgehead atoms. The number of halogens is 2. The van der Waals surface area contributed by atoms with Crippen molar-refractivity contribution in [3.8, 4) is 0 Å². The van der Waals surface area contributed by atoms with Gasteiger partial charge in [0.2, 0.25) is 0 Å². The lowest BCUT2D eigenvalue weighted by atomic mass is 10.2. The van der Waals surface area contributed by atoms with Crippen LogP contribution in [0.2, 0.25) is 25.7 Å². The molecule has 2 rings (SSSR count). The smallest absolute Gasteiger partial charge is 0.140 e. The normalized spacial score (nSPS) is 12.3. The molecule has 1 aromatic carbocycles. The van der Waals surface area contributed by atoms with Gasteiger partial charge in [-0.3, -0.25) is 0 Å². The number of hydrogen-bond acceptors (Lipinski definition) is 2. The second-order valence-electron chi connectivity index (χ2n) is 5.78. The Hall–Kier alpha value is -0.723. The highest BCUT2D eigenvalue weighted by molar-refractivity contribution is 9.10. The van der Waals surface area contributed by atoms with Crippen molar-refractivity contribution in [2.75, 3.05) is 6.61 Å². The summed E-state index contributed by atoms with van der Waals surface area (Å²) in [7, 11) is -1.08. The third kappa shape index (κ3) is 3.64. The molecular weight excluding hydrogens is 327 g/mol. The van der Waals surface area contributed by atoms with Crippen LogP contribution in [0.5, 0.6) is 0 Å². The summed E-state index contributed by atoms with van der Waals surface area (Å²) in [5.41, 5.74) is 0.744. The maximum atomic E-state index is 13.6. The maximum absolute atomic E-state index is 13.6. The van der Waals surface area contributed by atoms with E-state index in [1.54, 1.807) is 10.7 Å². The van der Waals surface area contributed by atoms with Crippen molar-refractivity contribution in [3.63, 3.8) is 0 Å². The maximum Gasteiger partial charge on any atom is 0.140 e. The Balaban J connectivity index is 2.08. The third-order valence-electron chi connectivity index (χ3n) is 2.91. The quantitative estimate of drug-likeness (QED) is 0.598. The molecule has 0 aliphatic heterocycles. The zero-order valence-electron chi connectivity index (χ0n) is 11.4. The summed E-state index contributed by atoms with van der Waals surface area (Å²) in [5.74, 6) is -0.258. The molecule has 0 N–H and O–H groups in total. The van der Waals surface area contributed by atoms with Crippen molar-refractivity contribution >= 4 is 34.9 Å². The van der Waals surface area contributed by atoms with Gasteiger partial charge in [0.05, 0.1) is 17.1 Å². The Morgan fingerprint density at radius 3 is 2.79 bits per heavy atom. The summed E-state index contributed by atoms with van der Waals surface area (Å²) < 4.78 is 21.8. The van der Waals surface area contributed by atoms with E-state index in [-0.39, 0.29) is 5.82 Å². The van der Waals surface area contributed by atoms with Crippen LogP contribution in [0.3, 0.4) is 0 Å². The molecule has 0 saturated carbocycles. The van der Waals surface area contributed by atoms with E-state index in [1.807, 2.05) is 0 Å². The predicted molar refractivity (Wildman–Crippen MR) is 81.5 cm³/mol. The van der Waals surface area contributed by atoms with Crippen molar-refractivity contribution in [1.82, 2.24) is 9.78 Å². The van der Waals surface area contributed by atoms with Gasteiger partial charge in [0.1, 0.15) is 12.5 Å². The molecule has 0 aliphatic carbocycles. The summed E-state index contributed by atoms with van der Waals surface area (Å²) in [6, 6.07) is 4.24. The average molecular weight is 345 g/mol. The summed E-state index contributed by atoms with van der Waals surface area (Å²) in [5, 5.41) is 4.70. The van der Waals surface area contributed by atoms with Gasteiger partial charge in [-0.25, -0.2) is 9.07 Å². The van der Waals surface area contributed by atoms with Gasteiger partial charge < -0.3 is 4.74 Å². The van der Waals surface area contributed by atoms with E-state index in [0.717, 1.165) is 22.6 Å². The van der Waals surface area contributed by atoms with Crippen molar-refractivity contribution < 1.29 is 9.13 Å². The Bertz CT molecular complexity index is 580. The first-order valence-electron chi connectivity index (χ1n) is 6.26. The zero-order chi connectivity index (χ0) is 14.0. The molecule has 0 spiro atoms. The van der Waals surface area contributed by atoms with Crippen molar-refractivity contribution in [2.24, 2.45) is 0 Å². The lowest BCUT2D eigenvalue weighted by molar-refractivity contribution is 0.0816. The largest absolute Gasteiger partial charge is 0.360 e. The Morgan fingerprint density at radius 1 is 1.37 bits per heavy atom. The SMILES string of the molecule is C[Si](C)(C)CCOCn1ncc2c(F)ccc(Br)c21. The predicted octanol–water partition coefficient (Wildman–Crippen LogP) is 4.25. The first kappa shape index (κ1) is 14.7. The topological polar surface area (TPSA) is 27.1 Å². The number of hydrogen-bond donors (Lipinski definition) is 0. The molecule has 0 radical (unpaired) electrons. The van der Waals surface area contributed by atoms with Crippen LogP contribution in [-0.2, 0) is 11.5 Å².